The van der Waals surface area contributed by atoms with Crippen LogP contribution in [0.25, 0.3) is 10.9 Å². The van der Waals surface area contributed by atoms with Gasteiger partial charge in [-0.15, -0.1) is 0 Å². The molecule has 2 saturated heterocycles. The second kappa shape index (κ2) is 12.6. The van der Waals surface area contributed by atoms with Gasteiger partial charge in [-0.2, -0.15) is 0 Å². The lowest BCUT2D eigenvalue weighted by Gasteiger charge is -2.32. The maximum absolute atomic E-state index is 13.9. The van der Waals surface area contributed by atoms with Gasteiger partial charge in [-0.25, -0.2) is 4.79 Å². The molecule has 0 aliphatic carbocycles. The van der Waals surface area contributed by atoms with Crippen LogP contribution in [0.2, 0.25) is 0 Å². The number of para-hydroxylation sites is 1. The van der Waals surface area contributed by atoms with Gasteiger partial charge < -0.3 is 30.9 Å². The van der Waals surface area contributed by atoms with E-state index in [2.05, 4.69) is 10.3 Å². The summed E-state index contributed by atoms with van der Waals surface area (Å²) in [4.78, 5) is 58.4. The Balaban J connectivity index is 1.28. The molecule has 3 heterocycles. The molecule has 4 unspecified atom stereocenters. The van der Waals surface area contributed by atoms with Gasteiger partial charge >= 0.3 is 5.97 Å². The third kappa shape index (κ3) is 6.43. The largest absolute Gasteiger partial charge is 0.480 e. The molecule has 0 bridgehead atoms. The molecule has 2 aromatic carbocycles. The van der Waals surface area contributed by atoms with Gasteiger partial charge in [-0.3, -0.25) is 14.4 Å². The molecule has 3 amide bonds. The summed E-state index contributed by atoms with van der Waals surface area (Å²) in [7, 11) is 0. The van der Waals surface area contributed by atoms with Crippen molar-refractivity contribution in [2.45, 2.75) is 69.1 Å². The fourth-order valence-electron chi connectivity index (χ4n) is 6.16. The van der Waals surface area contributed by atoms with Crippen molar-refractivity contribution >= 4 is 34.6 Å². The van der Waals surface area contributed by atoms with E-state index in [0.29, 0.717) is 45.2 Å². The number of hydrogen-bond acceptors (Lipinski definition) is 5. The van der Waals surface area contributed by atoms with E-state index in [1.54, 1.807) is 0 Å². The van der Waals surface area contributed by atoms with Crippen molar-refractivity contribution in [1.29, 1.82) is 0 Å². The number of nitrogens with two attached hydrogens (primary N) is 1. The molecule has 0 saturated carbocycles. The Hall–Kier alpha value is -4.18. The van der Waals surface area contributed by atoms with Gasteiger partial charge in [-0.1, -0.05) is 48.5 Å². The van der Waals surface area contributed by atoms with E-state index < -0.39 is 30.1 Å². The lowest BCUT2D eigenvalue weighted by Crippen LogP contribution is -2.56. The average molecular weight is 560 g/mol. The van der Waals surface area contributed by atoms with Crippen molar-refractivity contribution in [2.75, 3.05) is 13.1 Å². The molecule has 41 heavy (non-hydrogen) atoms. The van der Waals surface area contributed by atoms with Gasteiger partial charge in [0.2, 0.25) is 17.7 Å². The minimum absolute atomic E-state index is 0.0362. The monoisotopic (exact) mass is 559 g/mol. The first-order valence-corrected chi connectivity index (χ1v) is 14.3. The molecule has 2 aliphatic rings. The lowest BCUT2D eigenvalue weighted by molar-refractivity contribution is -0.152. The highest BCUT2D eigenvalue weighted by atomic mass is 16.4. The number of amides is 3. The van der Waals surface area contributed by atoms with Gasteiger partial charge in [-0.05, 0) is 49.3 Å². The molecule has 2 fully saturated rings. The topological polar surface area (TPSA) is 149 Å². The summed E-state index contributed by atoms with van der Waals surface area (Å²) in [6.07, 6.45) is 4.84. The smallest absolute Gasteiger partial charge is 0.326 e. The second-order valence-corrected chi connectivity index (χ2v) is 11.1. The van der Waals surface area contributed by atoms with E-state index in [1.807, 2.05) is 60.8 Å². The molecule has 216 valence electrons. The van der Waals surface area contributed by atoms with Gasteiger partial charge in [0, 0.05) is 49.1 Å². The molecular formula is C31H37N5O5. The summed E-state index contributed by atoms with van der Waals surface area (Å²) in [5.41, 5.74) is 9.29. The Morgan fingerprint density at radius 2 is 1.61 bits per heavy atom. The zero-order chi connectivity index (χ0) is 28.9. The zero-order valence-corrected chi connectivity index (χ0v) is 23.0. The number of benzene rings is 2. The number of carboxylic acids is 1. The number of hydrogen-bond donors (Lipinski definition) is 4. The average Bonchev–Trinajstić information content (AvgIpc) is 3.73. The van der Waals surface area contributed by atoms with Crippen molar-refractivity contribution in [1.82, 2.24) is 20.1 Å². The minimum Gasteiger partial charge on any atom is -0.480 e. The SMILES string of the molecule is NC(CC(=O)NC(Cc1ccccc1)C(=O)N1CCCC1C(=O)N1CCCC1C(=O)O)Cc1c[nH]c2ccccc12. The number of likely N-dealkylation sites (tertiary alicyclic amines) is 2. The van der Waals surface area contributed by atoms with Crippen LogP contribution in [0, 0.1) is 0 Å². The van der Waals surface area contributed by atoms with Crippen molar-refractivity contribution < 1.29 is 24.3 Å². The number of aromatic nitrogens is 1. The normalized spacial score (nSPS) is 20.2. The van der Waals surface area contributed by atoms with Crippen LogP contribution in [0.1, 0.15) is 43.2 Å². The van der Waals surface area contributed by atoms with E-state index in [9.17, 15) is 24.3 Å². The predicted octanol–water partition coefficient (Wildman–Crippen LogP) is 2.22. The number of carbonyl (C=O) groups excluding carboxylic acids is 3. The molecule has 10 nitrogen and oxygen atoms in total. The molecule has 5 rings (SSSR count). The maximum Gasteiger partial charge on any atom is 0.326 e. The van der Waals surface area contributed by atoms with Crippen LogP contribution in [0.3, 0.4) is 0 Å². The molecule has 0 spiro atoms. The first kappa shape index (κ1) is 28.4. The summed E-state index contributed by atoms with van der Waals surface area (Å²) in [6, 6.07) is 14.4. The number of H-pyrrole nitrogens is 1. The van der Waals surface area contributed by atoms with E-state index in [4.69, 9.17) is 5.73 Å². The number of carboxylic acid groups (broad SMARTS) is 1. The highest BCUT2D eigenvalue weighted by Crippen LogP contribution is 2.26. The minimum atomic E-state index is -1.02. The van der Waals surface area contributed by atoms with Gasteiger partial charge in [0.15, 0.2) is 0 Å². The van der Waals surface area contributed by atoms with E-state index in [1.165, 1.54) is 9.80 Å². The van der Waals surface area contributed by atoms with Crippen LogP contribution >= 0.6 is 0 Å². The van der Waals surface area contributed by atoms with Gasteiger partial charge in [0.1, 0.15) is 18.1 Å². The molecular weight excluding hydrogens is 522 g/mol. The highest BCUT2D eigenvalue weighted by molar-refractivity contribution is 5.94. The van der Waals surface area contributed by atoms with Gasteiger partial charge in [0.05, 0.1) is 0 Å². The molecule has 0 radical (unpaired) electrons. The summed E-state index contributed by atoms with van der Waals surface area (Å²) in [5, 5.41) is 13.5. The van der Waals surface area contributed by atoms with Gasteiger partial charge in [0.25, 0.3) is 0 Å². The van der Waals surface area contributed by atoms with Crippen molar-refractivity contribution in [2.24, 2.45) is 5.73 Å². The summed E-state index contributed by atoms with van der Waals surface area (Å²) < 4.78 is 0. The molecule has 10 heteroatoms. The number of rotatable bonds is 10. The number of aromatic amines is 1. The quantitative estimate of drug-likeness (QED) is 0.299. The third-order valence-corrected chi connectivity index (χ3v) is 8.16. The lowest BCUT2D eigenvalue weighted by atomic mass is 10.0. The molecule has 4 atom stereocenters. The first-order chi connectivity index (χ1) is 19.8. The molecule has 2 aliphatic heterocycles. The fraction of sp³-hybridized carbons (Fsp3) is 0.419. The Kier molecular flexibility index (Phi) is 8.68. The fourth-order valence-corrected chi connectivity index (χ4v) is 6.16. The second-order valence-electron chi connectivity index (χ2n) is 11.1. The predicted molar refractivity (Wildman–Crippen MR) is 154 cm³/mol. The number of carbonyl (C=O) groups is 4. The van der Waals surface area contributed by atoms with Crippen molar-refractivity contribution in [3.8, 4) is 0 Å². The Bertz CT molecular complexity index is 1410. The summed E-state index contributed by atoms with van der Waals surface area (Å²) in [5.74, 6) is -2.02. The zero-order valence-electron chi connectivity index (χ0n) is 23.0. The van der Waals surface area contributed by atoms with Crippen LogP contribution in [0.5, 0.6) is 0 Å². The van der Waals surface area contributed by atoms with Crippen molar-refractivity contribution in [3.63, 3.8) is 0 Å². The Morgan fingerprint density at radius 3 is 2.37 bits per heavy atom. The maximum atomic E-state index is 13.9. The van der Waals surface area contributed by atoms with Crippen molar-refractivity contribution in [3.05, 3.63) is 71.9 Å². The Morgan fingerprint density at radius 1 is 0.927 bits per heavy atom. The number of fused-ring (bicyclic) bond motifs is 1. The standard InChI is InChI=1S/C31H37N5O5/c32-22(17-21-19-33-24-11-5-4-10-23(21)24)18-28(37)34-25(16-20-8-2-1-3-9-20)29(38)35-14-6-12-26(35)30(39)36-15-7-13-27(36)31(40)41/h1-5,8-11,19,22,25-27,33H,6-7,12-18,32H2,(H,34,37)(H,40,41). The first-order valence-electron chi connectivity index (χ1n) is 14.3. The number of aliphatic carboxylic acids is 1. The van der Waals surface area contributed by atoms with E-state index in [0.717, 1.165) is 22.0 Å². The van der Waals surface area contributed by atoms with Crippen LogP contribution in [-0.2, 0) is 32.0 Å². The van der Waals surface area contributed by atoms with Crippen LogP contribution < -0.4 is 11.1 Å². The number of nitrogens with zero attached hydrogens (tertiary/aromatic N) is 2. The Labute approximate surface area is 238 Å². The third-order valence-electron chi connectivity index (χ3n) is 8.16. The van der Waals surface area contributed by atoms with E-state index >= 15 is 0 Å². The van der Waals surface area contributed by atoms with Crippen LogP contribution in [-0.4, -0.2) is 80.8 Å². The van der Waals surface area contributed by atoms with Crippen LogP contribution in [0.15, 0.2) is 60.8 Å². The van der Waals surface area contributed by atoms with E-state index in [-0.39, 0.29) is 30.6 Å². The molecule has 5 N–H and O–H groups in total. The molecule has 3 aromatic rings. The highest BCUT2D eigenvalue weighted by Gasteiger charge is 2.43. The molecule has 1 aromatic heterocycles. The number of nitrogens with one attached hydrogen (secondary N) is 2. The van der Waals surface area contributed by atoms with Crippen LogP contribution in [0.4, 0.5) is 0 Å². The summed E-state index contributed by atoms with van der Waals surface area (Å²) >= 11 is 0. The summed E-state index contributed by atoms with van der Waals surface area (Å²) in [6.45, 7) is 0.745.